The molecule has 0 spiro atoms. The Kier molecular flexibility index (Phi) is 8.16. The predicted molar refractivity (Wildman–Crippen MR) is 112 cm³/mol. The number of aliphatic hydroxyl groups excluding tert-OH is 1. The average molecular weight is 402 g/mol. The fourth-order valence-corrected chi connectivity index (χ4v) is 3.58. The Balaban J connectivity index is 1.62. The molecule has 0 bridgehead atoms. The van der Waals surface area contributed by atoms with Crippen molar-refractivity contribution in [2.24, 2.45) is 0 Å². The van der Waals surface area contributed by atoms with E-state index in [0.717, 1.165) is 37.3 Å². The van der Waals surface area contributed by atoms with Crippen LogP contribution >= 0.6 is 0 Å². The van der Waals surface area contributed by atoms with Crippen molar-refractivity contribution < 1.29 is 24.1 Å². The Bertz CT molecular complexity index is 733. The van der Waals surface area contributed by atoms with Gasteiger partial charge in [0.2, 0.25) is 0 Å². The van der Waals surface area contributed by atoms with Crippen LogP contribution in [0.5, 0.6) is 17.2 Å². The summed E-state index contributed by atoms with van der Waals surface area (Å²) in [6.07, 6.45) is 1.75. The Morgan fingerprint density at radius 2 is 1.90 bits per heavy atom. The maximum atomic E-state index is 10.6. The van der Waals surface area contributed by atoms with Crippen molar-refractivity contribution in [1.82, 2.24) is 4.90 Å². The zero-order valence-corrected chi connectivity index (χ0v) is 17.3. The van der Waals surface area contributed by atoms with Gasteiger partial charge in [0.15, 0.2) is 11.5 Å². The fourth-order valence-electron chi connectivity index (χ4n) is 3.58. The number of aliphatic hydroxyl groups is 1. The van der Waals surface area contributed by atoms with Gasteiger partial charge in [0, 0.05) is 26.2 Å². The van der Waals surface area contributed by atoms with Crippen LogP contribution in [0.3, 0.4) is 0 Å². The van der Waals surface area contributed by atoms with Crippen LogP contribution in [0.4, 0.5) is 0 Å². The minimum Gasteiger partial charge on any atom is -0.493 e. The zero-order chi connectivity index (χ0) is 20.5. The number of rotatable bonds is 11. The summed E-state index contributed by atoms with van der Waals surface area (Å²) in [5.41, 5.74) is 1.09. The van der Waals surface area contributed by atoms with Crippen molar-refractivity contribution in [3.63, 3.8) is 0 Å². The Hall–Kier alpha value is -2.28. The molecule has 1 saturated heterocycles. The monoisotopic (exact) mass is 401 g/mol. The van der Waals surface area contributed by atoms with Gasteiger partial charge in [-0.3, -0.25) is 4.90 Å². The van der Waals surface area contributed by atoms with Gasteiger partial charge in [-0.1, -0.05) is 24.3 Å². The molecule has 2 aromatic carbocycles. The summed E-state index contributed by atoms with van der Waals surface area (Å²) in [7, 11) is 3.26. The van der Waals surface area contributed by atoms with E-state index >= 15 is 0 Å². The van der Waals surface area contributed by atoms with Crippen molar-refractivity contribution in [2.75, 3.05) is 40.5 Å². The van der Waals surface area contributed by atoms with Crippen LogP contribution in [0.25, 0.3) is 0 Å². The lowest BCUT2D eigenvalue weighted by atomic mass is 10.1. The van der Waals surface area contributed by atoms with Crippen molar-refractivity contribution in [2.45, 2.75) is 31.6 Å². The van der Waals surface area contributed by atoms with E-state index in [1.807, 2.05) is 48.5 Å². The molecule has 0 aliphatic carbocycles. The van der Waals surface area contributed by atoms with Gasteiger partial charge in [-0.15, -0.1) is 0 Å². The van der Waals surface area contributed by atoms with E-state index in [0.29, 0.717) is 24.6 Å². The standard InChI is InChI=1S/C23H31NO5/c1-26-22-11-10-18(13-23(22)27-2)14-24(16-21-9-6-12-28-21)15-19(25)17-29-20-7-4-3-5-8-20/h3-5,7-8,10-11,13,19,21,25H,6,9,12,14-17H2,1-2H3/t19-,21-/m0/s1. The molecule has 6 nitrogen and oxygen atoms in total. The largest absolute Gasteiger partial charge is 0.493 e. The summed E-state index contributed by atoms with van der Waals surface area (Å²) in [4.78, 5) is 2.22. The molecule has 29 heavy (non-hydrogen) atoms. The summed E-state index contributed by atoms with van der Waals surface area (Å²) < 4.78 is 22.3. The lowest BCUT2D eigenvalue weighted by Crippen LogP contribution is -2.39. The second-order valence-corrected chi connectivity index (χ2v) is 7.30. The highest BCUT2D eigenvalue weighted by molar-refractivity contribution is 5.42. The molecule has 3 rings (SSSR count). The van der Waals surface area contributed by atoms with Crippen molar-refractivity contribution in [3.05, 3.63) is 54.1 Å². The first-order chi connectivity index (χ1) is 14.2. The number of hydrogen-bond acceptors (Lipinski definition) is 6. The summed E-state index contributed by atoms with van der Waals surface area (Å²) in [5.74, 6) is 2.17. The van der Waals surface area contributed by atoms with E-state index in [1.54, 1.807) is 14.2 Å². The molecular weight excluding hydrogens is 370 g/mol. The van der Waals surface area contributed by atoms with Gasteiger partial charge in [0.25, 0.3) is 0 Å². The van der Waals surface area contributed by atoms with E-state index in [2.05, 4.69) is 4.90 Å². The van der Waals surface area contributed by atoms with E-state index in [9.17, 15) is 5.11 Å². The van der Waals surface area contributed by atoms with Gasteiger partial charge in [-0.25, -0.2) is 0 Å². The second-order valence-electron chi connectivity index (χ2n) is 7.30. The third kappa shape index (κ3) is 6.63. The Morgan fingerprint density at radius 3 is 2.59 bits per heavy atom. The second kappa shape index (κ2) is 11.0. The van der Waals surface area contributed by atoms with Crippen LogP contribution < -0.4 is 14.2 Å². The van der Waals surface area contributed by atoms with Gasteiger partial charge in [0.1, 0.15) is 18.5 Å². The van der Waals surface area contributed by atoms with Gasteiger partial charge in [-0.2, -0.15) is 0 Å². The lowest BCUT2D eigenvalue weighted by Gasteiger charge is -2.27. The minimum absolute atomic E-state index is 0.206. The SMILES string of the molecule is COc1ccc(CN(C[C@H](O)COc2ccccc2)C[C@@H]2CCCO2)cc1OC. The maximum Gasteiger partial charge on any atom is 0.161 e. The quantitative estimate of drug-likeness (QED) is 0.624. The molecule has 0 saturated carbocycles. The normalized spacial score (nSPS) is 17.3. The molecule has 1 fully saturated rings. The van der Waals surface area contributed by atoms with E-state index in [4.69, 9.17) is 18.9 Å². The molecule has 2 aromatic rings. The first-order valence-corrected chi connectivity index (χ1v) is 10.1. The zero-order valence-electron chi connectivity index (χ0n) is 17.3. The van der Waals surface area contributed by atoms with Gasteiger partial charge >= 0.3 is 0 Å². The van der Waals surface area contributed by atoms with Crippen LogP contribution in [0.2, 0.25) is 0 Å². The number of methoxy groups -OCH3 is 2. The van der Waals surface area contributed by atoms with Gasteiger partial charge in [-0.05, 0) is 42.7 Å². The number of ether oxygens (including phenoxy) is 4. The van der Waals surface area contributed by atoms with Crippen LogP contribution in [0, 0.1) is 0 Å². The smallest absolute Gasteiger partial charge is 0.161 e. The Morgan fingerprint density at radius 1 is 1.10 bits per heavy atom. The third-order valence-corrected chi connectivity index (χ3v) is 4.99. The highest BCUT2D eigenvalue weighted by Crippen LogP contribution is 2.28. The highest BCUT2D eigenvalue weighted by atomic mass is 16.5. The molecule has 2 atom stereocenters. The summed E-state index contributed by atoms with van der Waals surface area (Å²) >= 11 is 0. The minimum atomic E-state index is -0.600. The molecule has 158 valence electrons. The van der Waals surface area contributed by atoms with Crippen LogP contribution in [0.15, 0.2) is 48.5 Å². The van der Waals surface area contributed by atoms with Crippen LogP contribution in [-0.4, -0.2) is 62.7 Å². The van der Waals surface area contributed by atoms with Crippen LogP contribution in [0.1, 0.15) is 18.4 Å². The lowest BCUT2D eigenvalue weighted by molar-refractivity contribution is 0.0313. The molecule has 0 aromatic heterocycles. The van der Waals surface area contributed by atoms with E-state index in [-0.39, 0.29) is 12.7 Å². The average Bonchev–Trinajstić information content (AvgIpc) is 3.26. The molecule has 1 N–H and O–H groups in total. The summed E-state index contributed by atoms with van der Waals surface area (Å²) in [5, 5.41) is 10.6. The van der Waals surface area contributed by atoms with Gasteiger partial charge < -0.3 is 24.1 Å². The molecule has 1 heterocycles. The molecule has 0 amide bonds. The Labute approximate surface area is 173 Å². The van der Waals surface area contributed by atoms with Crippen molar-refractivity contribution in [3.8, 4) is 17.2 Å². The third-order valence-electron chi connectivity index (χ3n) is 4.99. The molecule has 1 aliphatic rings. The van der Waals surface area contributed by atoms with E-state index in [1.165, 1.54) is 0 Å². The van der Waals surface area contributed by atoms with Crippen molar-refractivity contribution >= 4 is 0 Å². The molecule has 1 aliphatic heterocycles. The molecular formula is C23H31NO5. The number of para-hydroxylation sites is 1. The molecule has 0 radical (unpaired) electrons. The number of benzene rings is 2. The molecule has 0 unspecified atom stereocenters. The van der Waals surface area contributed by atoms with E-state index < -0.39 is 6.10 Å². The summed E-state index contributed by atoms with van der Waals surface area (Å²) in [6, 6.07) is 15.5. The first kappa shape index (κ1) is 21.4. The summed E-state index contributed by atoms with van der Waals surface area (Å²) in [6.45, 7) is 3.02. The number of hydrogen-bond donors (Lipinski definition) is 1. The number of nitrogens with zero attached hydrogens (tertiary/aromatic N) is 1. The van der Waals surface area contributed by atoms with Crippen molar-refractivity contribution in [1.29, 1.82) is 0 Å². The molecule has 6 heteroatoms. The van der Waals surface area contributed by atoms with Gasteiger partial charge in [0.05, 0.1) is 20.3 Å². The maximum absolute atomic E-state index is 10.6. The fraction of sp³-hybridized carbons (Fsp3) is 0.478. The predicted octanol–water partition coefficient (Wildman–Crippen LogP) is 3.12. The van der Waals surface area contributed by atoms with Crippen LogP contribution in [-0.2, 0) is 11.3 Å². The topological polar surface area (TPSA) is 60.4 Å². The highest BCUT2D eigenvalue weighted by Gasteiger charge is 2.22. The first-order valence-electron chi connectivity index (χ1n) is 10.1.